The summed E-state index contributed by atoms with van der Waals surface area (Å²) in [6.45, 7) is 1.01. The Kier molecular flexibility index (Phi) is 4.18. The third-order valence-electron chi connectivity index (χ3n) is 5.72. The minimum Gasteiger partial charge on any atom is -0.497 e. The number of fused-ring (bicyclic) bond motifs is 3. The molecule has 0 spiro atoms. The molecule has 4 heterocycles. The van der Waals surface area contributed by atoms with E-state index in [2.05, 4.69) is 4.57 Å². The zero-order valence-electron chi connectivity index (χ0n) is 16.9. The van der Waals surface area contributed by atoms with E-state index in [-0.39, 0.29) is 11.2 Å². The van der Waals surface area contributed by atoms with Gasteiger partial charge in [0.1, 0.15) is 11.5 Å². The molecular formula is C22H21N3O5. The lowest BCUT2D eigenvalue weighted by molar-refractivity contribution is 0.0347. The normalized spacial score (nSPS) is 16.0. The summed E-state index contributed by atoms with van der Waals surface area (Å²) in [5, 5.41) is 0.488. The smallest absolute Gasteiger partial charge is 0.331 e. The summed E-state index contributed by atoms with van der Waals surface area (Å²) in [7, 11) is 4.79. The quantitative estimate of drug-likeness (QED) is 0.521. The number of methoxy groups -OCH3 is 1. The molecule has 1 aliphatic rings. The summed E-state index contributed by atoms with van der Waals surface area (Å²) in [4.78, 5) is 26.0. The number of benzene rings is 1. The molecule has 1 aromatic carbocycles. The number of aryl methyl sites for hydroxylation is 1. The fraction of sp³-hybridized carbons (Fsp3) is 0.273. The van der Waals surface area contributed by atoms with E-state index in [1.165, 1.54) is 11.6 Å². The predicted octanol–water partition coefficient (Wildman–Crippen LogP) is 2.43. The van der Waals surface area contributed by atoms with Gasteiger partial charge in [0.25, 0.3) is 5.56 Å². The Morgan fingerprint density at radius 2 is 1.83 bits per heavy atom. The molecule has 1 atom stereocenters. The highest BCUT2D eigenvalue weighted by atomic mass is 16.5. The van der Waals surface area contributed by atoms with Gasteiger partial charge in [-0.15, -0.1) is 0 Å². The van der Waals surface area contributed by atoms with Gasteiger partial charge in [0.2, 0.25) is 0 Å². The first-order valence-corrected chi connectivity index (χ1v) is 9.64. The summed E-state index contributed by atoms with van der Waals surface area (Å²) >= 11 is 0. The zero-order chi connectivity index (χ0) is 21.0. The van der Waals surface area contributed by atoms with Crippen molar-refractivity contribution >= 4 is 10.9 Å². The van der Waals surface area contributed by atoms with Crippen LogP contribution in [0.15, 0.2) is 56.7 Å². The van der Waals surface area contributed by atoms with Crippen LogP contribution in [0.3, 0.4) is 0 Å². The van der Waals surface area contributed by atoms with Crippen LogP contribution in [0, 0.1) is 0 Å². The molecule has 0 radical (unpaired) electrons. The Morgan fingerprint density at radius 3 is 2.50 bits per heavy atom. The van der Waals surface area contributed by atoms with E-state index in [0.717, 1.165) is 27.3 Å². The van der Waals surface area contributed by atoms with E-state index in [4.69, 9.17) is 13.9 Å². The third-order valence-corrected chi connectivity index (χ3v) is 5.72. The van der Waals surface area contributed by atoms with Gasteiger partial charge in [-0.2, -0.15) is 0 Å². The highest BCUT2D eigenvalue weighted by Gasteiger charge is 2.34. The van der Waals surface area contributed by atoms with E-state index in [0.29, 0.717) is 29.8 Å². The van der Waals surface area contributed by atoms with Crippen LogP contribution in [0.4, 0.5) is 0 Å². The van der Waals surface area contributed by atoms with Crippen LogP contribution in [0.25, 0.3) is 22.2 Å². The predicted molar refractivity (Wildman–Crippen MR) is 111 cm³/mol. The van der Waals surface area contributed by atoms with Gasteiger partial charge in [-0.1, -0.05) is 0 Å². The number of ether oxygens (including phenoxy) is 2. The lowest BCUT2D eigenvalue weighted by Gasteiger charge is -2.26. The minimum atomic E-state index is -0.513. The Hall–Kier alpha value is -3.52. The maximum Gasteiger partial charge on any atom is 0.331 e. The molecule has 8 heteroatoms. The van der Waals surface area contributed by atoms with Crippen LogP contribution in [0.2, 0.25) is 0 Å². The molecule has 0 fully saturated rings. The zero-order valence-corrected chi connectivity index (χ0v) is 16.9. The molecule has 3 aromatic heterocycles. The molecule has 1 aliphatic heterocycles. The largest absolute Gasteiger partial charge is 0.497 e. The standard InChI is InChI=1S/C22H21N3O5/c1-23-18-16(21(26)24(2)22(23)27)17(13-6-8-14(28-3)9-7-13)25-10-12-30-20(19(18)25)15-5-4-11-29-15/h4-9,11,20H,10,12H2,1-3H3. The molecule has 0 saturated heterocycles. The molecule has 0 N–H and O–H groups in total. The Labute approximate surface area is 171 Å². The van der Waals surface area contributed by atoms with Crippen LogP contribution in [-0.4, -0.2) is 27.4 Å². The summed E-state index contributed by atoms with van der Waals surface area (Å²) < 4.78 is 21.7. The number of hydrogen-bond donors (Lipinski definition) is 0. The maximum atomic E-state index is 13.3. The average molecular weight is 407 g/mol. The third kappa shape index (κ3) is 2.50. The summed E-state index contributed by atoms with van der Waals surface area (Å²) in [6.07, 6.45) is 1.08. The molecule has 8 nitrogen and oxygen atoms in total. The van der Waals surface area contributed by atoms with E-state index in [1.54, 1.807) is 26.5 Å². The van der Waals surface area contributed by atoms with Crippen molar-refractivity contribution in [2.45, 2.75) is 12.6 Å². The molecule has 4 aromatic rings. The van der Waals surface area contributed by atoms with Crippen molar-refractivity contribution in [1.29, 1.82) is 0 Å². The number of nitrogens with zero attached hydrogens (tertiary/aromatic N) is 3. The second kappa shape index (κ2) is 6.77. The van der Waals surface area contributed by atoms with Crippen LogP contribution >= 0.6 is 0 Å². The van der Waals surface area contributed by atoms with Crippen LogP contribution in [0.5, 0.6) is 5.75 Å². The highest BCUT2D eigenvalue weighted by Crippen LogP contribution is 2.40. The molecular weight excluding hydrogens is 386 g/mol. The Bertz CT molecular complexity index is 1360. The minimum absolute atomic E-state index is 0.334. The van der Waals surface area contributed by atoms with Crippen molar-refractivity contribution < 1.29 is 13.9 Å². The van der Waals surface area contributed by atoms with E-state index in [9.17, 15) is 9.59 Å². The fourth-order valence-corrected chi connectivity index (χ4v) is 4.29. The maximum absolute atomic E-state index is 13.3. The Balaban J connectivity index is 1.93. The van der Waals surface area contributed by atoms with Gasteiger partial charge in [-0.05, 0) is 42.0 Å². The van der Waals surface area contributed by atoms with Crippen LogP contribution in [-0.2, 0) is 25.4 Å². The summed E-state index contributed by atoms with van der Waals surface area (Å²) in [5.74, 6) is 1.36. The van der Waals surface area contributed by atoms with Crippen molar-refractivity contribution in [1.82, 2.24) is 13.7 Å². The molecule has 0 amide bonds. The molecule has 0 bridgehead atoms. The number of furan rings is 1. The first-order chi connectivity index (χ1) is 14.5. The van der Waals surface area contributed by atoms with Crippen LogP contribution in [0.1, 0.15) is 17.6 Å². The SMILES string of the molecule is COc1ccc(-c2c3c(=O)n(C)c(=O)n(C)c3c3n2CCOC3c2ccco2)cc1. The van der Waals surface area contributed by atoms with Crippen molar-refractivity contribution in [3.8, 4) is 17.0 Å². The van der Waals surface area contributed by atoms with E-state index in [1.807, 2.05) is 30.3 Å². The first-order valence-electron chi connectivity index (χ1n) is 9.64. The molecule has 0 saturated carbocycles. The molecule has 1 unspecified atom stereocenters. The van der Waals surface area contributed by atoms with Crippen molar-refractivity contribution in [3.63, 3.8) is 0 Å². The molecule has 30 heavy (non-hydrogen) atoms. The van der Waals surface area contributed by atoms with Crippen molar-refractivity contribution in [2.24, 2.45) is 14.1 Å². The van der Waals surface area contributed by atoms with Gasteiger partial charge in [0.15, 0.2) is 6.10 Å². The lowest BCUT2D eigenvalue weighted by atomic mass is 10.1. The fourth-order valence-electron chi connectivity index (χ4n) is 4.29. The van der Waals surface area contributed by atoms with Gasteiger partial charge in [0.05, 0.1) is 42.3 Å². The van der Waals surface area contributed by atoms with Gasteiger partial charge < -0.3 is 18.5 Å². The Morgan fingerprint density at radius 1 is 1.07 bits per heavy atom. The second-order valence-corrected chi connectivity index (χ2v) is 7.31. The first kappa shape index (κ1) is 18.5. The van der Waals surface area contributed by atoms with Crippen LogP contribution < -0.4 is 16.0 Å². The number of aromatic nitrogens is 3. The van der Waals surface area contributed by atoms with Crippen molar-refractivity contribution in [2.75, 3.05) is 13.7 Å². The highest BCUT2D eigenvalue weighted by molar-refractivity contribution is 5.96. The number of rotatable bonds is 3. The van der Waals surface area contributed by atoms with Gasteiger partial charge in [-0.25, -0.2) is 4.79 Å². The summed E-state index contributed by atoms with van der Waals surface area (Å²) in [6, 6.07) is 11.2. The summed E-state index contributed by atoms with van der Waals surface area (Å²) in [5.41, 5.74) is 2.22. The lowest BCUT2D eigenvalue weighted by Crippen LogP contribution is -2.37. The molecule has 154 valence electrons. The van der Waals surface area contributed by atoms with Gasteiger partial charge >= 0.3 is 5.69 Å². The van der Waals surface area contributed by atoms with Gasteiger partial charge in [0, 0.05) is 20.6 Å². The average Bonchev–Trinajstić information content (AvgIpc) is 3.42. The van der Waals surface area contributed by atoms with Gasteiger partial charge in [-0.3, -0.25) is 13.9 Å². The topological polar surface area (TPSA) is 80.5 Å². The number of hydrogen-bond acceptors (Lipinski definition) is 5. The van der Waals surface area contributed by atoms with Crippen molar-refractivity contribution in [3.05, 3.63) is 75.0 Å². The van der Waals surface area contributed by atoms with E-state index >= 15 is 0 Å². The molecule has 0 aliphatic carbocycles. The monoisotopic (exact) mass is 407 g/mol. The molecule has 5 rings (SSSR count). The second-order valence-electron chi connectivity index (χ2n) is 7.31. The van der Waals surface area contributed by atoms with E-state index < -0.39 is 6.10 Å².